The van der Waals surface area contributed by atoms with Crippen molar-refractivity contribution < 1.29 is 9.84 Å². The van der Waals surface area contributed by atoms with Crippen LogP contribution < -0.4 is 0 Å². The van der Waals surface area contributed by atoms with E-state index in [-0.39, 0.29) is 6.10 Å². The number of hydrogen-bond acceptors (Lipinski definition) is 2. The monoisotopic (exact) mass is 144 g/mol. The number of aliphatic hydroxyl groups excluding tert-OH is 1. The van der Waals surface area contributed by atoms with Crippen molar-refractivity contribution in [3.63, 3.8) is 0 Å². The molecule has 1 rings (SSSR count). The molecule has 60 valence electrons. The molecule has 0 amide bonds. The molecule has 0 aromatic heterocycles. The molecule has 0 aliphatic carbocycles. The average Bonchev–Trinajstić information content (AvgIpc) is 1.95. The van der Waals surface area contributed by atoms with E-state index in [1.165, 1.54) is 0 Å². The second kappa shape index (κ2) is 3.35. The lowest BCUT2D eigenvalue weighted by Crippen LogP contribution is -2.37. The highest BCUT2D eigenvalue weighted by Gasteiger charge is 2.27. The Bertz CT molecular complexity index is 103. The van der Waals surface area contributed by atoms with Gasteiger partial charge in [0.15, 0.2) is 0 Å². The minimum absolute atomic E-state index is 0.237. The van der Waals surface area contributed by atoms with Gasteiger partial charge >= 0.3 is 0 Å². The molecular formula is C8H16O2. The molecule has 1 saturated heterocycles. The Kier molecular flexibility index (Phi) is 2.69. The lowest BCUT2D eigenvalue weighted by atomic mass is 9.86. The zero-order chi connectivity index (χ0) is 7.56. The summed E-state index contributed by atoms with van der Waals surface area (Å²) in [7, 11) is 0. The third-order valence-electron chi connectivity index (χ3n) is 2.50. The summed E-state index contributed by atoms with van der Waals surface area (Å²) in [5.74, 6) is 0.975. The van der Waals surface area contributed by atoms with Gasteiger partial charge in [0, 0.05) is 6.61 Å². The first-order chi connectivity index (χ1) is 4.75. The van der Waals surface area contributed by atoms with E-state index in [9.17, 15) is 5.11 Å². The molecule has 2 heteroatoms. The summed E-state index contributed by atoms with van der Waals surface area (Å²) >= 11 is 0. The maximum Gasteiger partial charge on any atom is 0.0802 e. The molecule has 0 aromatic rings. The van der Waals surface area contributed by atoms with Crippen molar-refractivity contribution in [2.75, 3.05) is 13.2 Å². The van der Waals surface area contributed by atoms with Crippen molar-refractivity contribution in [2.45, 2.75) is 26.4 Å². The second-order valence-corrected chi connectivity index (χ2v) is 3.13. The normalized spacial score (nSPS) is 41.7. The van der Waals surface area contributed by atoms with Crippen LogP contribution in [0.2, 0.25) is 0 Å². The van der Waals surface area contributed by atoms with E-state index in [1.807, 2.05) is 0 Å². The van der Waals surface area contributed by atoms with Gasteiger partial charge in [-0.15, -0.1) is 0 Å². The summed E-state index contributed by atoms with van der Waals surface area (Å²) in [5.41, 5.74) is 0. The molecule has 1 heterocycles. The first-order valence-corrected chi connectivity index (χ1v) is 4.01. The van der Waals surface area contributed by atoms with E-state index in [1.54, 1.807) is 0 Å². The fourth-order valence-corrected chi connectivity index (χ4v) is 1.45. The smallest absolute Gasteiger partial charge is 0.0802 e. The number of hydrogen-bond donors (Lipinski definition) is 1. The molecule has 1 aliphatic rings. The summed E-state index contributed by atoms with van der Waals surface area (Å²) in [6, 6.07) is 0. The summed E-state index contributed by atoms with van der Waals surface area (Å²) < 4.78 is 5.21. The van der Waals surface area contributed by atoms with Crippen LogP contribution in [0.3, 0.4) is 0 Å². The zero-order valence-corrected chi connectivity index (χ0v) is 6.71. The molecule has 1 aliphatic heterocycles. The van der Waals surface area contributed by atoms with Crippen LogP contribution in [0.25, 0.3) is 0 Å². The molecule has 0 radical (unpaired) electrons. The van der Waals surface area contributed by atoms with Crippen LogP contribution >= 0.6 is 0 Å². The third-order valence-corrected chi connectivity index (χ3v) is 2.50. The number of rotatable bonds is 1. The van der Waals surface area contributed by atoms with Gasteiger partial charge in [0.25, 0.3) is 0 Å². The van der Waals surface area contributed by atoms with Crippen LogP contribution in [-0.4, -0.2) is 24.4 Å². The molecule has 2 nitrogen and oxygen atoms in total. The fraction of sp³-hybridized carbons (Fsp3) is 1.00. The largest absolute Gasteiger partial charge is 0.390 e. The first kappa shape index (κ1) is 8.02. The first-order valence-electron chi connectivity index (χ1n) is 4.01. The zero-order valence-electron chi connectivity index (χ0n) is 6.71. The van der Waals surface area contributed by atoms with Crippen molar-refractivity contribution >= 4 is 0 Å². The van der Waals surface area contributed by atoms with E-state index in [0.717, 1.165) is 13.0 Å². The average molecular weight is 144 g/mol. The minimum atomic E-state index is -0.237. The van der Waals surface area contributed by atoms with E-state index in [2.05, 4.69) is 13.8 Å². The Morgan fingerprint density at radius 3 is 2.70 bits per heavy atom. The lowest BCUT2D eigenvalue weighted by Gasteiger charge is -2.32. The summed E-state index contributed by atoms with van der Waals surface area (Å²) in [6.45, 7) is 5.59. The molecule has 1 fully saturated rings. The van der Waals surface area contributed by atoms with Crippen LogP contribution in [0.5, 0.6) is 0 Å². The molecule has 0 aromatic carbocycles. The molecule has 0 bridgehead atoms. The topological polar surface area (TPSA) is 29.5 Å². The predicted octanol–water partition coefficient (Wildman–Crippen LogP) is 1.04. The Morgan fingerprint density at radius 2 is 2.20 bits per heavy atom. The van der Waals surface area contributed by atoms with E-state index in [0.29, 0.717) is 18.4 Å². The highest BCUT2D eigenvalue weighted by atomic mass is 16.5. The third kappa shape index (κ3) is 1.50. The Morgan fingerprint density at radius 1 is 1.50 bits per heavy atom. The molecule has 1 N–H and O–H groups in total. The van der Waals surface area contributed by atoms with Crippen molar-refractivity contribution in [1.82, 2.24) is 0 Å². The minimum Gasteiger partial charge on any atom is -0.390 e. The van der Waals surface area contributed by atoms with Gasteiger partial charge in [0.1, 0.15) is 0 Å². The van der Waals surface area contributed by atoms with Crippen molar-refractivity contribution in [2.24, 2.45) is 11.8 Å². The Hall–Kier alpha value is -0.0800. The van der Waals surface area contributed by atoms with Crippen LogP contribution in [0, 0.1) is 11.8 Å². The Balaban J connectivity index is 2.42. The van der Waals surface area contributed by atoms with Crippen molar-refractivity contribution in [3.05, 3.63) is 0 Å². The van der Waals surface area contributed by atoms with Crippen molar-refractivity contribution in [3.8, 4) is 0 Å². The molecule has 10 heavy (non-hydrogen) atoms. The van der Waals surface area contributed by atoms with Crippen LogP contribution in [-0.2, 0) is 4.74 Å². The Labute approximate surface area is 62.2 Å². The molecule has 3 atom stereocenters. The maximum atomic E-state index is 9.35. The molecular weight excluding hydrogens is 128 g/mol. The summed E-state index contributed by atoms with van der Waals surface area (Å²) in [5, 5.41) is 9.35. The van der Waals surface area contributed by atoms with Crippen LogP contribution in [0.1, 0.15) is 20.3 Å². The van der Waals surface area contributed by atoms with Gasteiger partial charge in [0.05, 0.1) is 12.7 Å². The predicted molar refractivity (Wildman–Crippen MR) is 39.8 cm³/mol. The second-order valence-electron chi connectivity index (χ2n) is 3.13. The van der Waals surface area contributed by atoms with Gasteiger partial charge < -0.3 is 9.84 Å². The number of aliphatic hydroxyl groups is 1. The van der Waals surface area contributed by atoms with Crippen LogP contribution in [0.4, 0.5) is 0 Å². The number of ether oxygens (including phenoxy) is 1. The van der Waals surface area contributed by atoms with E-state index >= 15 is 0 Å². The quantitative estimate of drug-likeness (QED) is 0.596. The van der Waals surface area contributed by atoms with Gasteiger partial charge in [-0.2, -0.15) is 0 Å². The molecule has 0 saturated carbocycles. The highest BCUT2D eigenvalue weighted by Crippen LogP contribution is 2.23. The maximum absolute atomic E-state index is 9.35. The molecule has 0 spiro atoms. The van der Waals surface area contributed by atoms with Gasteiger partial charge in [-0.1, -0.05) is 20.3 Å². The SMILES string of the molecule is CC[C@H]1COCC(O)[C@H]1C. The lowest BCUT2D eigenvalue weighted by molar-refractivity contribution is -0.0736. The standard InChI is InChI=1S/C8H16O2/c1-3-7-4-10-5-8(9)6(7)2/h6-9H,3-5H2,1-2H3/t6-,7-,8?/m0/s1. The van der Waals surface area contributed by atoms with Gasteiger partial charge in [-0.3, -0.25) is 0 Å². The van der Waals surface area contributed by atoms with Crippen molar-refractivity contribution in [1.29, 1.82) is 0 Å². The summed E-state index contributed by atoms with van der Waals surface area (Å²) in [4.78, 5) is 0. The summed E-state index contributed by atoms with van der Waals surface area (Å²) in [6.07, 6.45) is 0.872. The molecule has 1 unspecified atom stereocenters. The van der Waals surface area contributed by atoms with E-state index in [4.69, 9.17) is 4.74 Å². The fourth-order valence-electron chi connectivity index (χ4n) is 1.45. The van der Waals surface area contributed by atoms with E-state index < -0.39 is 0 Å². The van der Waals surface area contributed by atoms with Gasteiger partial charge in [0.2, 0.25) is 0 Å². The van der Waals surface area contributed by atoms with Crippen LogP contribution in [0.15, 0.2) is 0 Å². The van der Waals surface area contributed by atoms with Gasteiger partial charge in [-0.25, -0.2) is 0 Å². The van der Waals surface area contributed by atoms with Gasteiger partial charge in [-0.05, 0) is 11.8 Å². The highest BCUT2D eigenvalue weighted by molar-refractivity contribution is 4.75.